The van der Waals surface area contributed by atoms with E-state index in [4.69, 9.17) is 4.74 Å². The minimum atomic E-state index is -4.18. The number of likely N-dealkylation sites (tertiary alicyclic amines) is 1. The van der Waals surface area contributed by atoms with Crippen LogP contribution in [-0.2, 0) is 10.0 Å². The second-order valence-electron chi connectivity index (χ2n) is 6.69. The van der Waals surface area contributed by atoms with Gasteiger partial charge in [-0.3, -0.25) is 19.6 Å². The van der Waals surface area contributed by atoms with Crippen LogP contribution < -0.4 is 9.46 Å². The SMILES string of the molecule is COc1ccc(S(=O)(=O)Nc2c(C)cccc2C(=O)N2CCCC2)cc1[N+](=O)[O-]. The lowest BCUT2D eigenvalue weighted by Gasteiger charge is -2.20. The van der Waals surface area contributed by atoms with Gasteiger partial charge in [0.05, 0.1) is 28.2 Å². The number of benzene rings is 2. The van der Waals surface area contributed by atoms with Gasteiger partial charge >= 0.3 is 5.69 Å². The number of rotatable bonds is 6. The molecule has 1 aliphatic heterocycles. The molecule has 0 unspecified atom stereocenters. The predicted molar refractivity (Wildman–Crippen MR) is 107 cm³/mol. The molecule has 0 aliphatic carbocycles. The summed E-state index contributed by atoms with van der Waals surface area (Å²) in [6.07, 6.45) is 1.82. The van der Waals surface area contributed by atoms with Crippen LogP contribution in [0.15, 0.2) is 41.3 Å². The van der Waals surface area contributed by atoms with Gasteiger partial charge in [0.1, 0.15) is 0 Å². The number of nitro benzene ring substituents is 1. The number of ether oxygens (including phenoxy) is 1. The molecular weight excluding hydrogens is 398 g/mol. The molecule has 3 rings (SSSR count). The van der Waals surface area contributed by atoms with Crippen molar-refractivity contribution in [3.05, 3.63) is 57.6 Å². The summed E-state index contributed by atoms with van der Waals surface area (Å²) in [7, 11) is -2.91. The van der Waals surface area contributed by atoms with Gasteiger partial charge in [-0.2, -0.15) is 0 Å². The van der Waals surface area contributed by atoms with Crippen molar-refractivity contribution in [2.24, 2.45) is 0 Å². The van der Waals surface area contributed by atoms with Crippen LogP contribution in [0.3, 0.4) is 0 Å². The first-order valence-electron chi connectivity index (χ1n) is 8.98. The molecule has 2 aromatic carbocycles. The predicted octanol–water partition coefficient (Wildman–Crippen LogP) is 2.95. The number of para-hydroxylation sites is 1. The summed E-state index contributed by atoms with van der Waals surface area (Å²) in [5.41, 5.74) is 0.525. The third-order valence-electron chi connectivity index (χ3n) is 4.79. The van der Waals surface area contributed by atoms with E-state index < -0.39 is 20.6 Å². The van der Waals surface area contributed by atoms with Crippen molar-refractivity contribution in [2.45, 2.75) is 24.7 Å². The number of nitro groups is 1. The summed E-state index contributed by atoms with van der Waals surface area (Å²) >= 11 is 0. The van der Waals surface area contributed by atoms with Crippen LogP contribution in [0, 0.1) is 17.0 Å². The molecule has 10 heteroatoms. The zero-order valence-electron chi connectivity index (χ0n) is 16.0. The molecule has 0 aromatic heterocycles. The van der Waals surface area contributed by atoms with Gasteiger partial charge < -0.3 is 9.64 Å². The largest absolute Gasteiger partial charge is 0.490 e. The molecule has 1 aliphatic rings. The topological polar surface area (TPSA) is 119 Å². The molecule has 29 heavy (non-hydrogen) atoms. The van der Waals surface area contributed by atoms with Gasteiger partial charge in [0.2, 0.25) is 0 Å². The van der Waals surface area contributed by atoms with E-state index in [9.17, 15) is 23.3 Å². The van der Waals surface area contributed by atoms with Crippen LogP contribution in [-0.4, -0.2) is 44.3 Å². The van der Waals surface area contributed by atoms with Crippen LogP contribution in [0.2, 0.25) is 0 Å². The molecule has 1 heterocycles. The number of amides is 1. The molecule has 1 fully saturated rings. The molecule has 0 saturated carbocycles. The van der Waals surface area contributed by atoms with E-state index >= 15 is 0 Å². The number of anilines is 1. The zero-order valence-corrected chi connectivity index (χ0v) is 16.9. The minimum Gasteiger partial charge on any atom is -0.490 e. The van der Waals surface area contributed by atoms with Crippen molar-refractivity contribution < 1.29 is 22.9 Å². The molecule has 0 radical (unpaired) electrons. The van der Waals surface area contributed by atoms with Gasteiger partial charge in [-0.05, 0) is 43.5 Å². The highest BCUT2D eigenvalue weighted by Gasteiger charge is 2.27. The van der Waals surface area contributed by atoms with E-state index in [1.54, 1.807) is 30.0 Å². The van der Waals surface area contributed by atoms with Crippen molar-refractivity contribution >= 4 is 27.3 Å². The lowest BCUT2D eigenvalue weighted by molar-refractivity contribution is -0.386. The number of nitrogens with one attached hydrogen (secondary N) is 1. The van der Waals surface area contributed by atoms with E-state index in [0.717, 1.165) is 18.9 Å². The fourth-order valence-electron chi connectivity index (χ4n) is 3.24. The fourth-order valence-corrected chi connectivity index (χ4v) is 4.42. The molecule has 0 atom stereocenters. The van der Waals surface area contributed by atoms with Crippen molar-refractivity contribution in [2.75, 3.05) is 24.9 Å². The summed E-state index contributed by atoms with van der Waals surface area (Å²) in [6, 6.07) is 8.32. The molecule has 0 bridgehead atoms. The van der Waals surface area contributed by atoms with Crippen molar-refractivity contribution in [1.29, 1.82) is 0 Å². The first-order chi connectivity index (χ1) is 13.7. The first kappa shape index (κ1) is 20.6. The number of aryl methyl sites for hydroxylation is 1. The van der Waals surface area contributed by atoms with Gasteiger partial charge in [0.15, 0.2) is 5.75 Å². The number of hydrogen-bond acceptors (Lipinski definition) is 6. The Kier molecular flexibility index (Phi) is 5.73. The van der Waals surface area contributed by atoms with E-state index in [1.165, 1.54) is 19.2 Å². The highest BCUT2D eigenvalue weighted by atomic mass is 32.2. The quantitative estimate of drug-likeness (QED) is 0.568. The van der Waals surface area contributed by atoms with Gasteiger partial charge in [-0.1, -0.05) is 12.1 Å². The third kappa shape index (κ3) is 4.16. The minimum absolute atomic E-state index is 0.0465. The maximum Gasteiger partial charge on any atom is 0.312 e. The first-order valence-corrected chi connectivity index (χ1v) is 10.5. The summed E-state index contributed by atoms with van der Waals surface area (Å²) < 4.78 is 33.2. The lowest BCUT2D eigenvalue weighted by atomic mass is 10.1. The monoisotopic (exact) mass is 419 g/mol. The van der Waals surface area contributed by atoms with Crippen LogP contribution in [0.1, 0.15) is 28.8 Å². The van der Waals surface area contributed by atoms with Crippen LogP contribution >= 0.6 is 0 Å². The Balaban J connectivity index is 2.00. The van der Waals surface area contributed by atoms with E-state index in [1.807, 2.05) is 0 Å². The Hall–Kier alpha value is -3.14. The summed E-state index contributed by atoms with van der Waals surface area (Å²) in [6.45, 7) is 2.95. The normalized spacial score (nSPS) is 13.9. The average molecular weight is 419 g/mol. The number of sulfonamides is 1. The molecule has 1 amide bonds. The number of carbonyl (C=O) groups excluding carboxylic acids is 1. The van der Waals surface area contributed by atoms with Crippen LogP contribution in [0.25, 0.3) is 0 Å². The van der Waals surface area contributed by atoms with Crippen molar-refractivity contribution in [3.8, 4) is 5.75 Å². The number of nitrogens with zero attached hydrogens (tertiary/aromatic N) is 2. The second kappa shape index (κ2) is 8.08. The zero-order chi connectivity index (χ0) is 21.2. The Bertz CT molecular complexity index is 1060. The van der Waals surface area contributed by atoms with E-state index in [2.05, 4.69) is 4.72 Å². The molecule has 2 aromatic rings. The maximum atomic E-state index is 12.9. The summed E-state index contributed by atoms with van der Waals surface area (Å²) in [5.74, 6) is -0.292. The van der Waals surface area contributed by atoms with Crippen LogP contribution in [0.5, 0.6) is 5.75 Å². The summed E-state index contributed by atoms with van der Waals surface area (Å²) in [5, 5.41) is 11.2. The molecular formula is C19H21N3O6S. The second-order valence-corrected chi connectivity index (χ2v) is 8.38. The van der Waals surface area contributed by atoms with E-state index in [-0.39, 0.29) is 27.8 Å². The molecule has 154 valence electrons. The highest BCUT2D eigenvalue weighted by molar-refractivity contribution is 7.92. The van der Waals surface area contributed by atoms with Gasteiger partial charge in [-0.25, -0.2) is 8.42 Å². The van der Waals surface area contributed by atoms with Crippen LogP contribution in [0.4, 0.5) is 11.4 Å². The average Bonchev–Trinajstić information content (AvgIpc) is 3.23. The lowest BCUT2D eigenvalue weighted by Crippen LogP contribution is -2.29. The Morgan fingerprint density at radius 3 is 2.52 bits per heavy atom. The standard InChI is InChI=1S/C19H21N3O6S/c1-13-6-5-7-15(19(23)21-10-3-4-11-21)18(13)20-29(26,27)14-8-9-17(28-2)16(12-14)22(24)25/h5-9,12,20H,3-4,10-11H2,1-2H3. The Morgan fingerprint density at radius 1 is 1.21 bits per heavy atom. The number of hydrogen-bond donors (Lipinski definition) is 1. The Labute approximate surface area is 168 Å². The third-order valence-corrected chi connectivity index (χ3v) is 6.14. The van der Waals surface area contributed by atoms with Gasteiger partial charge in [0.25, 0.3) is 15.9 Å². The van der Waals surface area contributed by atoms with Gasteiger partial charge in [0, 0.05) is 19.2 Å². The summed E-state index contributed by atoms with van der Waals surface area (Å²) in [4.78, 5) is 24.8. The molecule has 0 spiro atoms. The number of carbonyl (C=O) groups is 1. The molecule has 1 N–H and O–H groups in total. The van der Waals surface area contributed by atoms with Crippen molar-refractivity contribution in [1.82, 2.24) is 4.90 Å². The fraction of sp³-hybridized carbons (Fsp3) is 0.316. The smallest absolute Gasteiger partial charge is 0.312 e. The molecule has 9 nitrogen and oxygen atoms in total. The molecule has 1 saturated heterocycles. The highest BCUT2D eigenvalue weighted by Crippen LogP contribution is 2.31. The Morgan fingerprint density at radius 2 is 1.90 bits per heavy atom. The van der Waals surface area contributed by atoms with Gasteiger partial charge in [-0.15, -0.1) is 0 Å². The van der Waals surface area contributed by atoms with E-state index in [0.29, 0.717) is 18.7 Å². The number of methoxy groups -OCH3 is 1. The maximum absolute atomic E-state index is 12.9. The van der Waals surface area contributed by atoms with Crippen molar-refractivity contribution in [3.63, 3.8) is 0 Å².